The van der Waals surface area contributed by atoms with E-state index in [0.717, 1.165) is 16.5 Å². The number of fused-ring (bicyclic) bond motifs is 2. The number of anilines is 2. The molecule has 0 saturated carbocycles. The highest BCUT2D eigenvalue weighted by Gasteiger charge is 2.28. The zero-order valence-electron chi connectivity index (χ0n) is 25.3. The number of aromatic nitrogens is 5. The van der Waals surface area contributed by atoms with E-state index in [1.54, 1.807) is 27.8 Å². The Morgan fingerprint density at radius 2 is 1.84 bits per heavy atom. The minimum Gasteiger partial charge on any atom is -0.474 e. The maximum atomic E-state index is 15.4. The first-order valence-corrected chi connectivity index (χ1v) is 14.5. The largest absolute Gasteiger partial charge is 0.474 e. The number of amides is 1. The number of ether oxygens (including phenoxy) is 3. The van der Waals surface area contributed by atoms with Crippen molar-refractivity contribution >= 4 is 39.5 Å². The summed E-state index contributed by atoms with van der Waals surface area (Å²) < 4.78 is 34.8. The molecule has 0 aliphatic carbocycles. The Balaban J connectivity index is 1.15. The van der Waals surface area contributed by atoms with Crippen molar-refractivity contribution in [3.05, 3.63) is 66.4 Å². The Bertz CT molecular complexity index is 1840. The van der Waals surface area contributed by atoms with Crippen molar-refractivity contribution in [3.63, 3.8) is 0 Å². The van der Waals surface area contributed by atoms with Gasteiger partial charge < -0.3 is 24.4 Å². The number of likely N-dealkylation sites (tertiary alicyclic amines) is 1. The molecule has 5 aromatic rings. The second-order valence-electron chi connectivity index (χ2n) is 11.9. The average molecular weight is 600 g/mol. The van der Waals surface area contributed by atoms with Gasteiger partial charge in [0, 0.05) is 62.8 Å². The molecular formula is C32H34FN7O4. The fourth-order valence-corrected chi connectivity index (χ4v) is 5.04. The predicted molar refractivity (Wildman–Crippen MR) is 164 cm³/mol. The number of piperidine rings is 1. The molecule has 3 aromatic heterocycles. The molecule has 0 atom stereocenters. The molecule has 1 N–H and O–H groups in total. The first-order valence-electron chi connectivity index (χ1n) is 14.5. The number of hydrogen-bond acceptors (Lipinski definition) is 9. The van der Waals surface area contributed by atoms with Gasteiger partial charge in [-0.25, -0.2) is 24.1 Å². The molecule has 44 heavy (non-hydrogen) atoms. The van der Waals surface area contributed by atoms with Crippen molar-refractivity contribution in [2.75, 3.05) is 18.4 Å². The molecule has 0 radical (unpaired) electrons. The number of benzene rings is 2. The summed E-state index contributed by atoms with van der Waals surface area (Å²) >= 11 is 0. The Hall–Kier alpha value is -5.00. The van der Waals surface area contributed by atoms with E-state index in [0.29, 0.717) is 60.2 Å². The molecule has 1 fully saturated rings. The molecule has 2 aromatic carbocycles. The summed E-state index contributed by atoms with van der Waals surface area (Å²) in [4.78, 5) is 27.4. The fraction of sp³-hybridized carbons (Fsp3) is 0.344. The van der Waals surface area contributed by atoms with Crippen LogP contribution in [0.15, 0.2) is 55.0 Å². The van der Waals surface area contributed by atoms with Crippen molar-refractivity contribution in [2.45, 2.75) is 52.2 Å². The number of nitrogens with one attached hydrogen (secondary N) is 1. The van der Waals surface area contributed by atoms with Crippen LogP contribution < -0.4 is 14.8 Å². The van der Waals surface area contributed by atoms with E-state index in [1.165, 1.54) is 12.4 Å². The molecule has 0 spiro atoms. The summed E-state index contributed by atoms with van der Waals surface area (Å²) in [5, 5.41) is 8.47. The summed E-state index contributed by atoms with van der Waals surface area (Å²) in [5.74, 6) is 1.18. The minimum atomic E-state index is -0.541. The van der Waals surface area contributed by atoms with Gasteiger partial charge in [-0.15, -0.1) is 0 Å². The molecular weight excluding hydrogens is 565 g/mol. The van der Waals surface area contributed by atoms with E-state index in [-0.39, 0.29) is 17.9 Å². The number of halogens is 1. The van der Waals surface area contributed by atoms with Crippen LogP contribution in [0.5, 0.6) is 17.4 Å². The number of aryl methyl sites for hydroxylation is 2. The summed E-state index contributed by atoms with van der Waals surface area (Å²) in [7, 11) is 1.86. The second kappa shape index (κ2) is 11.6. The van der Waals surface area contributed by atoms with Crippen LogP contribution in [-0.2, 0) is 11.8 Å². The smallest absolute Gasteiger partial charge is 0.410 e. The summed E-state index contributed by atoms with van der Waals surface area (Å²) in [6.45, 7) is 8.45. The van der Waals surface area contributed by atoms with Gasteiger partial charge in [-0.2, -0.15) is 5.10 Å². The van der Waals surface area contributed by atoms with E-state index < -0.39 is 11.4 Å². The molecule has 6 rings (SSSR count). The van der Waals surface area contributed by atoms with Crippen LogP contribution in [0.1, 0.15) is 39.2 Å². The third-order valence-corrected chi connectivity index (χ3v) is 7.18. The predicted octanol–water partition coefficient (Wildman–Crippen LogP) is 6.67. The lowest BCUT2D eigenvalue weighted by Crippen LogP contribution is -2.44. The van der Waals surface area contributed by atoms with Crippen LogP contribution in [0.25, 0.3) is 21.9 Å². The van der Waals surface area contributed by atoms with Gasteiger partial charge in [0.15, 0.2) is 5.82 Å². The van der Waals surface area contributed by atoms with Crippen LogP contribution in [0.3, 0.4) is 0 Å². The first-order chi connectivity index (χ1) is 21.0. The Morgan fingerprint density at radius 3 is 2.61 bits per heavy atom. The topological polar surface area (TPSA) is 117 Å². The Labute approximate surface area is 254 Å². The minimum absolute atomic E-state index is 0.120. The van der Waals surface area contributed by atoms with Crippen molar-refractivity contribution in [1.82, 2.24) is 29.6 Å². The SMILES string of the molecule is Cc1cc(Nc2ncnc3ccc(OC4CCN(C(=O)OC(C)(C)C)CC4)nc23)c(F)cc1Oc1ccc2cn(C)nc2c1. The van der Waals surface area contributed by atoms with Gasteiger partial charge in [-0.3, -0.25) is 4.68 Å². The lowest BCUT2D eigenvalue weighted by molar-refractivity contribution is 0.0123. The highest BCUT2D eigenvalue weighted by Crippen LogP contribution is 2.33. The molecule has 1 amide bonds. The van der Waals surface area contributed by atoms with Gasteiger partial charge in [-0.05, 0) is 57.5 Å². The number of carbonyl (C=O) groups is 1. The number of pyridine rings is 1. The Morgan fingerprint density at radius 1 is 1.05 bits per heavy atom. The molecule has 1 aliphatic heterocycles. The third-order valence-electron chi connectivity index (χ3n) is 7.18. The molecule has 0 unspecified atom stereocenters. The van der Waals surface area contributed by atoms with Crippen molar-refractivity contribution in [1.29, 1.82) is 0 Å². The number of hydrogen-bond donors (Lipinski definition) is 1. The fourth-order valence-electron chi connectivity index (χ4n) is 5.04. The maximum Gasteiger partial charge on any atom is 0.410 e. The summed E-state index contributed by atoms with van der Waals surface area (Å²) in [5.41, 5.74) is 2.22. The number of nitrogens with zero attached hydrogens (tertiary/aromatic N) is 6. The van der Waals surface area contributed by atoms with Crippen LogP contribution >= 0.6 is 0 Å². The third kappa shape index (κ3) is 6.48. The van der Waals surface area contributed by atoms with Gasteiger partial charge in [0.1, 0.15) is 40.9 Å². The lowest BCUT2D eigenvalue weighted by Gasteiger charge is -2.33. The van der Waals surface area contributed by atoms with Crippen molar-refractivity contribution in [2.24, 2.45) is 7.05 Å². The zero-order valence-corrected chi connectivity index (χ0v) is 25.3. The normalized spacial score (nSPS) is 14.2. The highest BCUT2D eigenvalue weighted by molar-refractivity contribution is 5.87. The van der Waals surface area contributed by atoms with E-state index in [4.69, 9.17) is 14.2 Å². The molecule has 228 valence electrons. The van der Waals surface area contributed by atoms with Crippen LogP contribution in [0.4, 0.5) is 20.7 Å². The van der Waals surface area contributed by atoms with Gasteiger partial charge in [0.05, 0.1) is 16.7 Å². The van der Waals surface area contributed by atoms with Crippen molar-refractivity contribution in [3.8, 4) is 17.4 Å². The molecule has 0 bridgehead atoms. The van der Waals surface area contributed by atoms with Gasteiger partial charge in [0.2, 0.25) is 5.88 Å². The number of carbonyl (C=O) groups excluding carboxylic acids is 1. The average Bonchev–Trinajstić information content (AvgIpc) is 3.34. The lowest BCUT2D eigenvalue weighted by atomic mass is 10.1. The van der Waals surface area contributed by atoms with Crippen LogP contribution in [0.2, 0.25) is 0 Å². The van der Waals surface area contributed by atoms with Crippen LogP contribution in [-0.4, -0.2) is 60.5 Å². The van der Waals surface area contributed by atoms with Crippen LogP contribution in [0, 0.1) is 12.7 Å². The summed E-state index contributed by atoms with van der Waals surface area (Å²) in [6, 6.07) is 12.1. The number of rotatable bonds is 6. The van der Waals surface area contributed by atoms with E-state index >= 15 is 4.39 Å². The molecule has 4 heterocycles. The maximum absolute atomic E-state index is 15.4. The quantitative estimate of drug-likeness (QED) is 0.228. The molecule has 1 saturated heterocycles. The van der Waals surface area contributed by atoms with Gasteiger partial charge in [0.25, 0.3) is 0 Å². The van der Waals surface area contributed by atoms with Gasteiger partial charge in [-0.1, -0.05) is 0 Å². The highest BCUT2D eigenvalue weighted by atomic mass is 19.1. The Kier molecular flexibility index (Phi) is 7.66. The monoisotopic (exact) mass is 599 g/mol. The van der Waals surface area contributed by atoms with E-state index in [2.05, 4.69) is 25.4 Å². The zero-order chi connectivity index (χ0) is 31.0. The van der Waals surface area contributed by atoms with E-state index in [9.17, 15) is 4.79 Å². The van der Waals surface area contributed by atoms with E-state index in [1.807, 2.05) is 59.1 Å². The molecule has 1 aliphatic rings. The molecule has 12 heteroatoms. The summed E-state index contributed by atoms with van der Waals surface area (Å²) in [6.07, 6.45) is 4.16. The standard InChI is InChI=1S/C32H34FN7O4/c1-19-14-26(23(33)16-27(19)42-22-7-6-20-17-39(5)38-25(20)15-22)36-30-29-24(34-18-35-30)8-9-28(37-29)43-21-10-12-40(13-11-21)31(41)44-32(2,3)4/h6-9,14-18,21H,10-13H2,1-5H3,(H,34,35,36). The second-order valence-corrected chi connectivity index (χ2v) is 11.9. The van der Waals surface area contributed by atoms with Crippen molar-refractivity contribution < 1.29 is 23.4 Å². The first kappa shape index (κ1) is 29.1. The molecule has 11 nitrogen and oxygen atoms in total. The van der Waals surface area contributed by atoms with Gasteiger partial charge >= 0.3 is 6.09 Å².